The maximum Gasteiger partial charge on any atom is 0.407 e. The van der Waals surface area contributed by atoms with Gasteiger partial charge in [-0.2, -0.15) is 0 Å². The summed E-state index contributed by atoms with van der Waals surface area (Å²) in [4.78, 5) is 11.0. The van der Waals surface area contributed by atoms with Gasteiger partial charge in [-0.25, -0.2) is 4.79 Å². The molecule has 15 heavy (non-hydrogen) atoms. The van der Waals surface area contributed by atoms with Crippen LogP contribution < -0.4 is 10.1 Å². The van der Waals surface area contributed by atoms with Crippen molar-refractivity contribution < 1.29 is 14.3 Å². The molecule has 0 fully saturated rings. The van der Waals surface area contributed by atoms with E-state index in [1.165, 1.54) is 7.11 Å². The zero-order valence-electron chi connectivity index (χ0n) is 9.11. The average molecular weight is 209 g/mol. The van der Waals surface area contributed by atoms with Crippen molar-refractivity contribution in [2.24, 2.45) is 0 Å². The van der Waals surface area contributed by atoms with Crippen molar-refractivity contribution in [2.45, 2.75) is 13.0 Å². The van der Waals surface area contributed by atoms with Crippen molar-refractivity contribution >= 4 is 6.09 Å². The lowest BCUT2D eigenvalue weighted by Crippen LogP contribution is -2.26. The van der Waals surface area contributed by atoms with E-state index in [0.29, 0.717) is 0 Å². The van der Waals surface area contributed by atoms with Gasteiger partial charge in [0.2, 0.25) is 0 Å². The third-order valence-electron chi connectivity index (χ3n) is 2.11. The second-order valence-electron chi connectivity index (χ2n) is 3.13. The third-order valence-corrected chi connectivity index (χ3v) is 2.11. The quantitative estimate of drug-likeness (QED) is 0.829. The molecule has 0 aliphatic rings. The van der Waals surface area contributed by atoms with Gasteiger partial charge in [-0.05, 0) is 24.6 Å². The molecule has 1 unspecified atom stereocenters. The molecule has 1 aromatic carbocycles. The van der Waals surface area contributed by atoms with E-state index >= 15 is 0 Å². The Morgan fingerprint density at radius 1 is 1.40 bits per heavy atom. The summed E-state index contributed by atoms with van der Waals surface area (Å²) in [6, 6.07) is 7.43. The molecule has 4 nitrogen and oxygen atoms in total. The number of alkyl carbamates (subject to hydrolysis) is 1. The Morgan fingerprint density at radius 2 is 2.13 bits per heavy atom. The SMILES string of the molecule is COC(=O)NC(C)c1cccc(OC)c1. The Hall–Kier alpha value is -1.71. The zero-order chi connectivity index (χ0) is 11.3. The van der Waals surface area contributed by atoms with Gasteiger partial charge in [0.05, 0.1) is 20.3 Å². The molecule has 0 spiro atoms. The molecule has 1 atom stereocenters. The maximum atomic E-state index is 11.0. The highest BCUT2D eigenvalue weighted by molar-refractivity contribution is 5.67. The summed E-state index contributed by atoms with van der Waals surface area (Å²) in [5, 5.41) is 2.68. The van der Waals surface area contributed by atoms with Crippen LogP contribution in [0.1, 0.15) is 18.5 Å². The van der Waals surface area contributed by atoms with Crippen molar-refractivity contribution in [1.82, 2.24) is 5.32 Å². The molecule has 1 amide bonds. The van der Waals surface area contributed by atoms with E-state index in [2.05, 4.69) is 10.1 Å². The van der Waals surface area contributed by atoms with Crippen molar-refractivity contribution in [2.75, 3.05) is 14.2 Å². The molecule has 0 aliphatic heterocycles. The lowest BCUT2D eigenvalue weighted by molar-refractivity contribution is 0.167. The molecule has 0 aromatic heterocycles. The minimum atomic E-state index is -0.440. The van der Waals surface area contributed by atoms with Gasteiger partial charge in [-0.1, -0.05) is 12.1 Å². The van der Waals surface area contributed by atoms with Crippen molar-refractivity contribution in [1.29, 1.82) is 0 Å². The lowest BCUT2D eigenvalue weighted by Gasteiger charge is -2.13. The van der Waals surface area contributed by atoms with E-state index in [1.54, 1.807) is 7.11 Å². The van der Waals surface area contributed by atoms with Crippen molar-refractivity contribution in [3.8, 4) is 5.75 Å². The molecule has 4 heteroatoms. The number of nitrogens with one attached hydrogen (secondary N) is 1. The molecule has 82 valence electrons. The number of benzene rings is 1. The fourth-order valence-corrected chi connectivity index (χ4v) is 1.23. The van der Waals surface area contributed by atoms with Crippen LogP contribution in [0.3, 0.4) is 0 Å². The van der Waals surface area contributed by atoms with Crippen LogP contribution in [0, 0.1) is 0 Å². The lowest BCUT2D eigenvalue weighted by atomic mass is 10.1. The van der Waals surface area contributed by atoms with E-state index in [1.807, 2.05) is 31.2 Å². The predicted octanol–water partition coefficient (Wildman–Crippen LogP) is 2.11. The highest BCUT2D eigenvalue weighted by atomic mass is 16.5. The van der Waals surface area contributed by atoms with Crippen LogP contribution in [-0.2, 0) is 4.74 Å². The first-order chi connectivity index (χ1) is 7.17. The summed E-state index contributed by atoms with van der Waals surface area (Å²) in [7, 11) is 2.95. The number of hydrogen-bond acceptors (Lipinski definition) is 3. The van der Waals surface area contributed by atoms with Gasteiger partial charge < -0.3 is 14.8 Å². The van der Waals surface area contributed by atoms with Gasteiger partial charge in [-0.3, -0.25) is 0 Å². The van der Waals surface area contributed by atoms with Gasteiger partial charge in [0.1, 0.15) is 5.75 Å². The van der Waals surface area contributed by atoms with E-state index < -0.39 is 6.09 Å². The molecule has 0 radical (unpaired) electrons. The highest BCUT2D eigenvalue weighted by Gasteiger charge is 2.09. The molecule has 0 heterocycles. The Labute approximate surface area is 89.2 Å². The predicted molar refractivity (Wildman–Crippen MR) is 56.9 cm³/mol. The zero-order valence-corrected chi connectivity index (χ0v) is 9.11. The van der Waals surface area contributed by atoms with Gasteiger partial charge in [-0.15, -0.1) is 0 Å². The number of ether oxygens (including phenoxy) is 2. The molecule has 0 aliphatic carbocycles. The Morgan fingerprint density at radius 3 is 2.73 bits per heavy atom. The van der Waals surface area contributed by atoms with Gasteiger partial charge in [0, 0.05) is 0 Å². The normalized spacial score (nSPS) is 11.7. The molecular formula is C11H15NO3. The topological polar surface area (TPSA) is 47.6 Å². The van der Waals surface area contributed by atoms with Crippen LogP contribution in [0.25, 0.3) is 0 Å². The number of rotatable bonds is 3. The Balaban J connectivity index is 2.72. The monoisotopic (exact) mass is 209 g/mol. The van der Waals surface area contributed by atoms with Crippen LogP contribution in [0.15, 0.2) is 24.3 Å². The van der Waals surface area contributed by atoms with Crippen LogP contribution >= 0.6 is 0 Å². The summed E-state index contributed by atoms with van der Waals surface area (Å²) in [6.45, 7) is 1.88. The summed E-state index contributed by atoms with van der Waals surface area (Å²) < 4.78 is 9.61. The molecule has 0 saturated carbocycles. The third kappa shape index (κ3) is 3.16. The average Bonchev–Trinajstić information content (AvgIpc) is 2.28. The van der Waals surface area contributed by atoms with E-state index in [0.717, 1.165) is 11.3 Å². The highest BCUT2D eigenvalue weighted by Crippen LogP contribution is 2.18. The maximum absolute atomic E-state index is 11.0. The van der Waals surface area contributed by atoms with Crippen molar-refractivity contribution in [3.63, 3.8) is 0 Å². The fraction of sp³-hybridized carbons (Fsp3) is 0.364. The first kappa shape index (κ1) is 11.4. The molecule has 0 bridgehead atoms. The molecule has 1 rings (SSSR count). The second-order valence-corrected chi connectivity index (χ2v) is 3.13. The van der Waals surface area contributed by atoms with Crippen LogP contribution in [0.5, 0.6) is 5.75 Å². The van der Waals surface area contributed by atoms with Gasteiger partial charge in [0.15, 0.2) is 0 Å². The van der Waals surface area contributed by atoms with Crippen LogP contribution in [0.2, 0.25) is 0 Å². The number of carbonyl (C=O) groups is 1. The molecule has 0 saturated heterocycles. The van der Waals surface area contributed by atoms with Gasteiger partial charge >= 0.3 is 6.09 Å². The molecular weight excluding hydrogens is 194 g/mol. The van der Waals surface area contributed by atoms with E-state index in [9.17, 15) is 4.79 Å². The minimum Gasteiger partial charge on any atom is -0.497 e. The smallest absolute Gasteiger partial charge is 0.407 e. The number of hydrogen-bond donors (Lipinski definition) is 1. The number of carbonyl (C=O) groups excluding carboxylic acids is 1. The second kappa shape index (κ2) is 5.24. The standard InChI is InChI=1S/C11H15NO3/c1-8(12-11(13)15-3)9-5-4-6-10(7-9)14-2/h4-8H,1-3H3,(H,12,13). The summed E-state index contributed by atoms with van der Waals surface area (Å²) in [5.41, 5.74) is 0.972. The minimum absolute atomic E-state index is 0.104. The number of amides is 1. The molecule has 1 N–H and O–H groups in total. The van der Waals surface area contributed by atoms with Crippen molar-refractivity contribution in [3.05, 3.63) is 29.8 Å². The first-order valence-corrected chi connectivity index (χ1v) is 4.65. The van der Waals surface area contributed by atoms with Crippen LogP contribution in [0.4, 0.5) is 4.79 Å². The molecule has 1 aromatic rings. The largest absolute Gasteiger partial charge is 0.497 e. The van der Waals surface area contributed by atoms with Gasteiger partial charge in [0.25, 0.3) is 0 Å². The first-order valence-electron chi connectivity index (χ1n) is 4.65. The van der Waals surface area contributed by atoms with E-state index in [-0.39, 0.29) is 6.04 Å². The fourth-order valence-electron chi connectivity index (χ4n) is 1.23. The van der Waals surface area contributed by atoms with E-state index in [4.69, 9.17) is 4.74 Å². The van der Waals surface area contributed by atoms with Crippen LogP contribution in [-0.4, -0.2) is 20.3 Å². The summed E-state index contributed by atoms with van der Waals surface area (Å²) >= 11 is 0. The summed E-state index contributed by atoms with van der Waals surface area (Å²) in [5.74, 6) is 0.769. The Bertz CT molecular complexity index is 338. The Kier molecular flexibility index (Phi) is 3.97. The summed E-state index contributed by atoms with van der Waals surface area (Å²) in [6.07, 6.45) is -0.440. The number of methoxy groups -OCH3 is 2.